The molecule has 3 rings (SSSR count). The molecule has 0 spiro atoms. The van der Waals surface area contributed by atoms with Crippen LogP contribution in [0.25, 0.3) is 0 Å². The summed E-state index contributed by atoms with van der Waals surface area (Å²) < 4.78 is 21.1. The number of nitrogens with zero attached hydrogens (tertiary/aromatic N) is 1. The van der Waals surface area contributed by atoms with Gasteiger partial charge in [0.05, 0.1) is 20.8 Å². The van der Waals surface area contributed by atoms with Crippen molar-refractivity contribution in [3.05, 3.63) is 54.1 Å². The Morgan fingerprint density at radius 1 is 0.903 bits per heavy atom. The lowest BCUT2D eigenvalue weighted by atomic mass is 10.2. The maximum Gasteiger partial charge on any atom is 0.306 e. The quantitative estimate of drug-likeness (QED) is 0.381. The molecule has 1 aliphatic rings. The van der Waals surface area contributed by atoms with E-state index in [1.165, 1.54) is 0 Å². The molecule has 1 amide bonds. The third-order valence-corrected chi connectivity index (χ3v) is 5.03. The molecule has 0 heterocycles. The SMILES string of the molecule is COc1ccc(CN(C(=O)COC(=O)CCCOc2ccc(OC)cc2)C2CC2)cc1. The van der Waals surface area contributed by atoms with Crippen molar-refractivity contribution in [2.24, 2.45) is 0 Å². The summed E-state index contributed by atoms with van der Waals surface area (Å²) in [6, 6.07) is 15.1. The molecule has 0 unspecified atom stereocenters. The standard InChI is InChI=1S/C24H29NO6/c1-28-20-9-5-18(6-10-20)16-25(19-7-8-19)23(26)17-31-24(27)4-3-15-30-22-13-11-21(29-2)12-14-22/h5-6,9-14,19H,3-4,7-8,15-17H2,1-2H3. The van der Waals surface area contributed by atoms with E-state index in [1.54, 1.807) is 19.1 Å². The maximum atomic E-state index is 12.6. The number of methoxy groups -OCH3 is 2. The first-order chi connectivity index (χ1) is 15.1. The number of rotatable bonds is 12. The number of ether oxygens (including phenoxy) is 4. The van der Waals surface area contributed by atoms with Crippen LogP contribution in [0.5, 0.6) is 17.2 Å². The number of amides is 1. The third kappa shape index (κ3) is 7.20. The fourth-order valence-corrected chi connectivity index (χ4v) is 3.11. The van der Waals surface area contributed by atoms with Crippen LogP contribution in [-0.2, 0) is 20.9 Å². The number of hydrogen-bond acceptors (Lipinski definition) is 6. The summed E-state index contributed by atoms with van der Waals surface area (Å²) in [7, 11) is 3.23. The summed E-state index contributed by atoms with van der Waals surface area (Å²) in [6.45, 7) is 0.659. The summed E-state index contributed by atoms with van der Waals surface area (Å²) in [5, 5.41) is 0. The van der Waals surface area contributed by atoms with Crippen molar-refractivity contribution >= 4 is 11.9 Å². The molecular formula is C24H29NO6. The zero-order valence-corrected chi connectivity index (χ0v) is 18.0. The van der Waals surface area contributed by atoms with Gasteiger partial charge in [0, 0.05) is 19.0 Å². The summed E-state index contributed by atoms with van der Waals surface area (Å²) in [5.74, 6) is 1.68. The second-order valence-corrected chi connectivity index (χ2v) is 7.39. The summed E-state index contributed by atoms with van der Waals surface area (Å²) >= 11 is 0. The van der Waals surface area contributed by atoms with E-state index < -0.39 is 5.97 Å². The van der Waals surface area contributed by atoms with E-state index >= 15 is 0 Å². The molecular weight excluding hydrogens is 398 g/mol. The van der Waals surface area contributed by atoms with Crippen molar-refractivity contribution in [2.45, 2.75) is 38.3 Å². The van der Waals surface area contributed by atoms with Crippen molar-refractivity contribution in [3.8, 4) is 17.2 Å². The van der Waals surface area contributed by atoms with Crippen LogP contribution < -0.4 is 14.2 Å². The van der Waals surface area contributed by atoms with Gasteiger partial charge in [0.2, 0.25) is 0 Å². The minimum absolute atomic E-state index is 0.166. The highest BCUT2D eigenvalue weighted by molar-refractivity contribution is 5.81. The van der Waals surface area contributed by atoms with Crippen LogP contribution in [0, 0.1) is 0 Å². The monoisotopic (exact) mass is 427 g/mol. The molecule has 2 aromatic carbocycles. The van der Waals surface area contributed by atoms with E-state index in [2.05, 4.69) is 0 Å². The molecule has 31 heavy (non-hydrogen) atoms. The lowest BCUT2D eigenvalue weighted by molar-refractivity contribution is -0.152. The first-order valence-corrected chi connectivity index (χ1v) is 10.4. The summed E-state index contributed by atoms with van der Waals surface area (Å²) in [5.41, 5.74) is 1.02. The van der Waals surface area contributed by atoms with E-state index in [1.807, 2.05) is 48.5 Å². The molecule has 0 atom stereocenters. The molecule has 166 valence electrons. The molecule has 0 N–H and O–H groups in total. The molecule has 0 saturated heterocycles. The highest BCUT2D eigenvalue weighted by atomic mass is 16.5. The molecule has 0 radical (unpaired) electrons. The zero-order chi connectivity index (χ0) is 22.1. The smallest absolute Gasteiger partial charge is 0.306 e. The highest BCUT2D eigenvalue weighted by Crippen LogP contribution is 2.29. The van der Waals surface area contributed by atoms with Crippen LogP contribution in [0.2, 0.25) is 0 Å². The Balaban J connectivity index is 1.37. The van der Waals surface area contributed by atoms with Gasteiger partial charge in [0.15, 0.2) is 6.61 Å². The lowest BCUT2D eigenvalue weighted by Gasteiger charge is -2.22. The number of esters is 1. The van der Waals surface area contributed by atoms with Crippen LogP contribution >= 0.6 is 0 Å². The Bertz CT molecular complexity index is 845. The molecule has 1 saturated carbocycles. The Morgan fingerprint density at radius 3 is 2.06 bits per heavy atom. The summed E-state index contributed by atoms with van der Waals surface area (Å²) in [4.78, 5) is 26.4. The number of carbonyl (C=O) groups is 2. The van der Waals surface area contributed by atoms with Gasteiger partial charge in [-0.25, -0.2) is 0 Å². The van der Waals surface area contributed by atoms with Gasteiger partial charge in [-0.2, -0.15) is 0 Å². The molecule has 0 aromatic heterocycles. The predicted molar refractivity (Wildman–Crippen MR) is 115 cm³/mol. The van der Waals surface area contributed by atoms with Gasteiger partial charge in [-0.05, 0) is 61.2 Å². The van der Waals surface area contributed by atoms with Crippen LogP contribution in [-0.4, -0.2) is 50.3 Å². The van der Waals surface area contributed by atoms with Crippen LogP contribution in [0.4, 0.5) is 0 Å². The average Bonchev–Trinajstić information content (AvgIpc) is 3.65. The molecule has 0 aliphatic heterocycles. The second kappa shape index (κ2) is 11.2. The van der Waals surface area contributed by atoms with Crippen molar-refractivity contribution in [1.29, 1.82) is 0 Å². The Hall–Kier alpha value is -3.22. The number of hydrogen-bond donors (Lipinski definition) is 0. The molecule has 1 aliphatic carbocycles. The minimum atomic E-state index is -0.396. The van der Waals surface area contributed by atoms with Gasteiger partial charge in [-0.1, -0.05) is 12.1 Å². The van der Waals surface area contributed by atoms with Crippen LogP contribution in [0.15, 0.2) is 48.5 Å². The van der Waals surface area contributed by atoms with Gasteiger partial charge in [-0.15, -0.1) is 0 Å². The van der Waals surface area contributed by atoms with E-state index in [-0.39, 0.29) is 25.0 Å². The number of benzene rings is 2. The van der Waals surface area contributed by atoms with Gasteiger partial charge >= 0.3 is 5.97 Å². The first-order valence-electron chi connectivity index (χ1n) is 10.4. The molecule has 2 aromatic rings. The van der Waals surface area contributed by atoms with Gasteiger partial charge < -0.3 is 23.8 Å². The zero-order valence-electron chi connectivity index (χ0n) is 18.0. The van der Waals surface area contributed by atoms with E-state index in [0.717, 1.165) is 29.9 Å². The van der Waals surface area contributed by atoms with E-state index in [0.29, 0.717) is 25.3 Å². The van der Waals surface area contributed by atoms with Gasteiger partial charge in [0.1, 0.15) is 17.2 Å². The predicted octanol–water partition coefficient (Wildman–Crippen LogP) is 3.60. The van der Waals surface area contributed by atoms with Gasteiger partial charge in [-0.3, -0.25) is 9.59 Å². The van der Waals surface area contributed by atoms with Crippen LogP contribution in [0.1, 0.15) is 31.2 Å². The van der Waals surface area contributed by atoms with Crippen molar-refractivity contribution < 1.29 is 28.5 Å². The Kier molecular flexibility index (Phi) is 8.15. The summed E-state index contributed by atoms with van der Waals surface area (Å²) in [6.07, 6.45) is 2.68. The fourth-order valence-electron chi connectivity index (χ4n) is 3.11. The topological polar surface area (TPSA) is 74.3 Å². The molecule has 1 fully saturated rings. The van der Waals surface area contributed by atoms with Crippen LogP contribution in [0.3, 0.4) is 0 Å². The second-order valence-electron chi connectivity index (χ2n) is 7.39. The van der Waals surface area contributed by atoms with E-state index in [4.69, 9.17) is 18.9 Å². The Morgan fingerprint density at radius 2 is 1.48 bits per heavy atom. The lowest BCUT2D eigenvalue weighted by Crippen LogP contribution is -2.36. The fraction of sp³-hybridized carbons (Fsp3) is 0.417. The third-order valence-electron chi connectivity index (χ3n) is 5.03. The largest absolute Gasteiger partial charge is 0.497 e. The van der Waals surface area contributed by atoms with Crippen molar-refractivity contribution in [1.82, 2.24) is 4.90 Å². The molecule has 7 nitrogen and oxygen atoms in total. The van der Waals surface area contributed by atoms with Gasteiger partial charge in [0.25, 0.3) is 5.91 Å². The Labute approximate surface area is 182 Å². The van der Waals surface area contributed by atoms with E-state index in [9.17, 15) is 9.59 Å². The normalized spacial score (nSPS) is 12.7. The van der Waals surface area contributed by atoms with Crippen molar-refractivity contribution in [2.75, 3.05) is 27.4 Å². The first kappa shape index (κ1) is 22.5. The maximum absolute atomic E-state index is 12.6. The van der Waals surface area contributed by atoms with Crippen molar-refractivity contribution in [3.63, 3.8) is 0 Å². The minimum Gasteiger partial charge on any atom is -0.497 e. The average molecular weight is 427 g/mol. The molecule has 0 bridgehead atoms. The molecule has 7 heteroatoms. The highest BCUT2D eigenvalue weighted by Gasteiger charge is 2.32. The number of carbonyl (C=O) groups excluding carboxylic acids is 2.